The van der Waals surface area contributed by atoms with Crippen molar-refractivity contribution in [3.05, 3.63) is 28.6 Å². The Balaban J connectivity index is 2.51. The zero-order valence-electron chi connectivity index (χ0n) is 7.78. The monoisotopic (exact) mass is 243 g/mol. The molecule has 0 aliphatic rings. The molecule has 0 aliphatic heterocycles. The average molecular weight is 244 g/mol. The smallest absolute Gasteiger partial charge is 0.224 e. The van der Waals surface area contributed by atoms with Crippen molar-refractivity contribution in [1.29, 1.82) is 0 Å². The lowest BCUT2D eigenvalue weighted by Crippen LogP contribution is -2.03. The molecule has 0 spiro atoms. The van der Waals surface area contributed by atoms with Crippen LogP contribution in [0.4, 0.5) is 5.95 Å². The summed E-state index contributed by atoms with van der Waals surface area (Å²) in [5.41, 5.74) is 0. The fourth-order valence-corrected chi connectivity index (χ4v) is 1.37. The first-order valence-electron chi connectivity index (χ1n) is 4.11. The highest BCUT2D eigenvalue weighted by atomic mass is 35.5. The van der Waals surface area contributed by atoms with Gasteiger partial charge in [0.25, 0.3) is 0 Å². The Hall–Kier alpha value is -1.33. The van der Waals surface area contributed by atoms with Crippen molar-refractivity contribution in [1.82, 2.24) is 19.7 Å². The van der Waals surface area contributed by atoms with Gasteiger partial charge >= 0.3 is 0 Å². The first-order chi connectivity index (χ1) is 7.20. The molecule has 2 rings (SSSR count). The lowest BCUT2D eigenvalue weighted by molar-refractivity contribution is 0.841. The number of anilines is 1. The van der Waals surface area contributed by atoms with E-state index >= 15 is 0 Å². The van der Waals surface area contributed by atoms with E-state index in [-0.39, 0.29) is 0 Å². The highest BCUT2D eigenvalue weighted by Crippen LogP contribution is 2.19. The Bertz CT molecular complexity index is 482. The second-order valence-electron chi connectivity index (χ2n) is 2.72. The van der Waals surface area contributed by atoms with Gasteiger partial charge in [-0.15, -0.1) is 0 Å². The SMILES string of the molecule is CNc1ncc(Cl)c(-n2cc(Cl)cn2)n1. The molecular weight excluding hydrogens is 237 g/mol. The first-order valence-corrected chi connectivity index (χ1v) is 4.87. The second-order valence-corrected chi connectivity index (χ2v) is 3.56. The Morgan fingerprint density at radius 1 is 1.33 bits per heavy atom. The summed E-state index contributed by atoms with van der Waals surface area (Å²) in [6, 6.07) is 0. The first kappa shape index (κ1) is 10.2. The van der Waals surface area contributed by atoms with Gasteiger partial charge in [-0.1, -0.05) is 23.2 Å². The molecule has 0 bridgehead atoms. The van der Waals surface area contributed by atoms with E-state index in [1.807, 2.05) is 0 Å². The van der Waals surface area contributed by atoms with Gasteiger partial charge in [0.2, 0.25) is 5.95 Å². The van der Waals surface area contributed by atoms with Crippen LogP contribution >= 0.6 is 23.2 Å². The zero-order chi connectivity index (χ0) is 10.8. The molecule has 1 N–H and O–H groups in total. The van der Waals surface area contributed by atoms with Crippen LogP contribution in [0.1, 0.15) is 0 Å². The Morgan fingerprint density at radius 3 is 2.73 bits per heavy atom. The number of nitrogens with one attached hydrogen (secondary N) is 1. The Morgan fingerprint density at radius 2 is 2.13 bits per heavy atom. The van der Waals surface area contributed by atoms with Gasteiger partial charge in [0.05, 0.1) is 23.6 Å². The van der Waals surface area contributed by atoms with E-state index in [1.165, 1.54) is 17.1 Å². The van der Waals surface area contributed by atoms with E-state index in [1.54, 1.807) is 13.2 Å². The van der Waals surface area contributed by atoms with Crippen LogP contribution in [0.15, 0.2) is 18.6 Å². The van der Waals surface area contributed by atoms with Crippen molar-refractivity contribution in [2.24, 2.45) is 0 Å². The number of halogens is 2. The zero-order valence-corrected chi connectivity index (χ0v) is 9.29. The van der Waals surface area contributed by atoms with Crippen LogP contribution in [0.3, 0.4) is 0 Å². The van der Waals surface area contributed by atoms with Crippen LogP contribution in [0.25, 0.3) is 5.82 Å². The maximum Gasteiger partial charge on any atom is 0.224 e. The Kier molecular flexibility index (Phi) is 2.75. The van der Waals surface area contributed by atoms with E-state index < -0.39 is 0 Å². The van der Waals surface area contributed by atoms with E-state index in [9.17, 15) is 0 Å². The molecule has 2 aromatic rings. The lowest BCUT2D eigenvalue weighted by Gasteiger charge is -2.04. The van der Waals surface area contributed by atoms with Gasteiger partial charge in [0, 0.05) is 7.05 Å². The lowest BCUT2D eigenvalue weighted by atomic mass is 10.5. The molecule has 15 heavy (non-hydrogen) atoms. The largest absolute Gasteiger partial charge is 0.357 e. The van der Waals surface area contributed by atoms with E-state index in [4.69, 9.17) is 23.2 Å². The molecule has 0 saturated carbocycles. The van der Waals surface area contributed by atoms with Crippen molar-refractivity contribution < 1.29 is 0 Å². The van der Waals surface area contributed by atoms with Crippen molar-refractivity contribution in [3.63, 3.8) is 0 Å². The van der Waals surface area contributed by atoms with Gasteiger partial charge in [-0.3, -0.25) is 0 Å². The van der Waals surface area contributed by atoms with Gasteiger partial charge < -0.3 is 5.32 Å². The molecule has 0 aliphatic carbocycles. The molecule has 2 heterocycles. The van der Waals surface area contributed by atoms with Crippen molar-refractivity contribution >= 4 is 29.2 Å². The maximum absolute atomic E-state index is 5.94. The van der Waals surface area contributed by atoms with Crippen LogP contribution in [0.2, 0.25) is 10.0 Å². The number of aromatic nitrogens is 4. The molecule has 7 heteroatoms. The second kappa shape index (κ2) is 4.04. The predicted molar refractivity (Wildman–Crippen MR) is 58.7 cm³/mol. The molecule has 0 aromatic carbocycles. The maximum atomic E-state index is 5.94. The number of rotatable bonds is 2. The fraction of sp³-hybridized carbons (Fsp3) is 0.125. The van der Waals surface area contributed by atoms with Crippen molar-refractivity contribution in [2.45, 2.75) is 0 Å². The molecule has 0 unspecified atom stereocenters. The van der Waals surface area contributed by atoms with Crippen LogP contribution in [0.5, 0.6) is 0 Å². The third kappa shape index (κ3) is 2.03. The molecule has 0 radical (unpaired) electrons. The minimum Gasteiger partial charge on any atom is -0.357 e. The molecule has 0 amide bonds. The molecule has 0 atom stereocenters. The van der Waals surface area contributed by atoms with Gasteiger partial charge in [-0.25, -0.2) is 9.67 Å². The van der Waals surface area contributed by atoms with Crippen LogP contribution in [-0.4, -0.2) is 26.8 Å². The Labute approximate surface area is 96.1 Å². The molecular formula is C8H7Cl2N5. The third-order valence-corrected chi connectivity index (χ3v) is 2.18. The molecule has 0 saturated heterocycles. The standard InChI is InChI=1S/C8H7Cl2N5/c1-11-8-12-3-6(10)7(14-8)15-4-5(9)2-13-15/h2-4H,1H3,(H,11,12,14). The van der Waals surface area contributed by atoms with Crippen molar-refractivity contribution in [3.8, 4) is 5.82 Å². The summed E-state index contributed by atoms with van der Waals surface area (Å²) in [5.74, 6) is 0.962. The summed E-state index contributed by atoms with van der Waals surface area (Å²) in [7, 11) is 1.73. The van der Waals surface area contributed by atoms with Gasteiger partial charge in [0.1, 0.15) is 5.02 Å². The summed E-state index contributed by atoms with van der Waals surface area (Å²) < 4.78 is 1.49. The van der Waals surface area contributed by atoms with Gasteiger partial charge in [-0.2, -0.15) is 10.1 Å². The minimum absolute atomic E-state index is 0.411. The van der Waals surface area contributed by atoms with Gasteiger partial charge in [0.15, 0.2) is 5.82 Å². The third-order valence-electron chi connectivity index (χ3n) is 1.72. The fourth-order valence-electron chi connectivity index (χ4n) is 1.06. The molecule has 5 nitrogen and oxygen atoms in total. The predicted octanol–water partition coefficient (Wildman–Crippen LogP) is 2.01. The molecule has 78 valence electrons. The highest BCUT2D eigenvalue weighted by Gasteiger charge is 2.07. The van der Waals surface area contributed by atoms with E-state index in [2.05, 4.69) is 20.4 Å². The summed E-state index contributed by atoms with van der Waals surface area (Å²) in [6.07, 6.45) is 4.64. The van der Waals surface area contributed by atoms with E-state index in [0.717, 1.165) is 0 Å². The highest BCUT2D eigenvalue weighted by molar-refractivity contribution is 6.32. The van der Waals surface area contributed by atoms with Crippen molar-refractivity contribution in [2.75, 3.05) is 12.4 Å². The average Bonchev–Trinajstić information content (AvgIpc) is 2.65. The number of hydrogen-bond donors (Lipinski definition) is 1. The number of hydrogen-bond acceptors (Lipinski definition) is 4. The van der Waals surface area contributed by atoms with Crippen LogP contribution in [0, 0.1) is 0 Å². The van der Waals surface area contributed by atoms with E-state index in [0.29, 0.717) is 21.8 Å². The summed E-state index contributed by atoms with van der Waals surface area (Å²) in [4.78, 5) is 8.12. The molecule has 2 aromatic heterocycles. The summed E-state index contributed by atoms with van der Waals surface area (Å²) in [5, 5.41) is 7.76. The topological polar surface area (TPSA) is 55.6 Å². The van der Waals surface area contributed by atoms with Crippen LogP contribution in [-0.2, 0) is 0 Å². The van der Waals surface area contributed by atoms with Crippen LogP contribution < -0.4 is 5.32 Å². The summed E-state index contributed by atoms with van der Waals surface area (Å²) >= 11 is 11.7. The summed E-state index contributed by atoms with van der Waals surface area (Å²) in [6.45, 7) is 0. The molecule has 0 fully saturated rings. The normalized spacial score (nSPS) is 10.3. The van der Waals surface area contributed by atoms with Gasteiger partial charge in [-0.05, 0) is 0 Å². The number of nitrogens with zero attached hydrogens (tertiary/aromatic N) is 4. The quantitative estimate of drug-likeness (QED) is 0.877. The minimum atomic E-state index is 0.411.